The number of aromatic nitrogens is 2. The summed E-state index contributed by atoms with van der Waals surface area (Å²) < 4.78 is 19.9. The van der Waals surface area contributed by atoms with Gasteiger partial charge in [0, 0.05) is 25.6 Å². The zero-order valence-corrected chi connectivity index (χ0v) is 19.0. The fourth-order valence-corrected chi connectivity index (χ4v) is 3.82. The summed E-state index contributed by atoms with van der Waals surface area (Å²) in [4.78, 5) is 11.8. The van der Waals surface area contributed by atoms with Crippen LogP contribution in [0.15, 0.2) is 18.3 Å². The van der Waals surface area contributed by atoms with E-state index in [4.69, 9.17) is 14.0 Å². The second-order valence-corrected chi connectivity index (χ2v) is 15.4. The van der Waals surface area contributed by atoms with Gasteiger partial charge in [-0.2, -0.15) is 5.10 Å². The Labute approximate surface area is 168 Å². The molecule has 0 spiro atoms. The van der Waals surface area contributed by atoms with Crippen LogP contribution in [-0.4, -0.2) is 49.1 Å². The first kappa shape index (κ1) is 21.2. The number of carbonyl (C=O) groups excluding carboxylic acids is 1. The number of hydrogen-bond donors (Lipinski definition) is 0. The van der Waals surface area contributed by atoms with Crippen LogP contribution in [-0.2, 0) is 20.8 Å². The Morgan fingerprint density at radius 1 is 1.18 bits per heavy atom. The van der Waals surface area contributed by atoms with Gasteiger partial charge in [0.15, 0.2) is 0 Å². The van der Waals surface area contributed by atoms with Gasteiger partial charge < -0.3 is 14.0 Å². The molecule has 1 aliphatic rings. The molecule has 0 unspecified atom stereocenters. The predicted molar refractivity (Wildman–Crippen MR) is 115 cm³/mol. The number of aldehydes is 1. The highest BCUT2D eigenvalue weighted by molar-refractivity contribution is 6.76. The van der Waals surface area contributed by atoms with Crippen LogP contribution >= 0.6 is 0 Å². The SMILES string of the molecule is CC1(C)OB(c2cc3cnn(COCC[Si](C)(C)C)c3cc2C=O)OC1(C)C. The van der Waals surface area contributed by atoms with Crippen molar-refractivity contribution in [2.24, 2.45) is 0 Å². The first-order valence-electron chi connectivity index (χ1n) is 9.82. The van der Waals surface area contributed by atoms with Gasteiger partial charge in [0.05, 0.1) is 22.9 Å². The molecule has 28 heavy (non-hydrogen) atoms. The van der Waals surface area contributed by atoms with Crippen molar-refractivity contribution in [2.45, 2.75) is 71.3 Å². The maximum atomic E-state index is 11.8. The second-order valence-electron chi connectivity index (χ2n) is 9.74. The molecule has 0 atom stereocenters. The van der Waals surface area contributed by atoms with Crippen molar-refractivity contribution in [3.8, 4) is 0 Å². The molecule has 0 bridgehead atoms. The lowest BCUT2D eigenvalue weighted by atomic mass is 9.75. The molecule has 6 nitrogen and oxygen atoms in total. The molecule has 2 aromatic rings. The number of fused-ring (bicyclic) bond motifs is 1. The van der Waals surface area contributed by atoms with E-state index >= 15 is 0 Å². The normalized spacial score (nSPS) is 18.8. The Kier molecular flexibility index (Phi) is 5.62. The zero-order chi connectivity index (χ0) is 20.7. The van der Waals surface area contributed by atoms with E-state index in [0.717, 1.165) is 35.3 Å². The number of rotatable bonds is 7. The van der Waals surface area contributed by atoms with Crippen molar-refractivity contribution < 1.29 is 18.8 Å². The first-order valence-corrected chi connectivity index (χ1v) is 13.5. The third kappa shape index (κ3) is 4.25. The highest BCUT2D eigenvalue weighted by Gasteiger charge is 2.52. The highest BCUT2D eigenvalue weighted by Crippen LogP contribution is 2.36. The van der Waals surface area contributed by atoms with Crippen molar-refractivity contribution in [3.63, 3.8) is 0 Å². The summed E-state index contributed by atoms with van der Waals surface area (Å²) in [6.07, 6.45) is 2.64. The summed E-state index contributed by atoms with van der Waals surface area (Å²) in [5.74, 6) is 0. The average molecular weight is 402 g/mol. The Balaban J connectivity index is 1.83. The second kappa shape index (κ2) is 7.41. The Bertz CT molecular complexity index is 857. The number of ether oxygens (including phenoxy) is 1. The summed E-state index contributed by atoms with van der Waals surface area (Å²) >= 11 is 0. The molecule has 1 aliphatic heterocycles. The van der Waals surface area contributed by atoms with Crippen LogP contribution in [0.5, 0.6) is 0 Å². The molecule has 1 fully saturated rings. The van der Waals surface area contributed by atoms with Gasteiger partial charge in [-0.15, -0.1) is 0 Å². The van der Waals surface area contributed by atoms with E-state index < -0.39 is 26.4 Å². The van der Waals surface area contributed by atoms with Gasteiger partial charge in [-0.05, 0) is 45.3 Å². The van der Waals surface area contributed by atoms with Gasteiger partial charge in [-0.1, -0.05) is 25.7 Å². The summed E-state index contributed by atoms with van der Waals surface area (Å²) in [5, 5.41) is 5.37. The van der Waals surface area contributed by atoms with Crippen molar-refractivity contribution in [2.75, 3.05) is 6.61 Å². The Morgan fingerprint density at radius 2 is 1.82 bits per heavy atom. The average Bonchev–Trinajstić information content (AvgIpc) is 3.06. The molecular weight excluding hydrogens is 371 g/mol. The van der Waals surface area contributed by atoms with Crippen LogP contribution in [0.4, 0.5) is 0 Å². The Morgan fingerprint density at radius 3 is 2.39 bits per heavy atom. The van der Waals surface area contributed by atoms with Crippen molar-refractivity contribution >= 4 is 37.8 Å². The van der Waals surface area contributed by atoms with Gasteiger partial charge in [-0.25, -0.2) is 4.68 Å². The number of benzene rings is 1. The van der Waals surface area contributed by atoms with Gasteiger partial charge in [-0.3, -0.25) is 4.79 Å². The van der Waals surface area contributed by atoms with Gasteiger partial charge in [0.1, 0.15) is 13.0 Å². The molecule has 1 aromatic carbocycles. The van der Waals surface area contributed by atoms with Crippen LogP contribution in [0.1, 0.15) is 38.1 Å². The monoisotopic (exact) mass is 402 g/mol. The lowest BCUT2D eigenvalue weighted by molar-refractivity contribution is 0.00578. The van der Waals surface area contributed by atoms with Gasteiger partial charge >= 0.3 is 7.12 Å². The van der Waals surface area contributed by atoms with Gasteiger partial charge in [0.2, 0.25) is 0 Å². The molecule has 2 heterocycles. The molecule has 0 amide bonds. The van der Waals surface area contributed by atoms with Crippen LogP contribution < -0.4 is 5.46 Å². The number of hydrogen-bond acceptors (Lipinski definition) is 5. The third-order valence-electron chi connectivity index (χ3n) is 5.69. The summed E-state index contributed by atoms with van der Waals surface area (Å²) in [6, 6.07) is 4.89. The maximum Gasteiger partial charge on any atom is 0.495 e. The molecule has 8 heteroatoms. The van der Waals surface area contributed by atoms with Gasteiger partial charge in [0.25, 0.3) is 0 Å². The van der Waals surface area contributed by atoms with E-state index in [0.29, 0.717) is 12.3 Å². The molecular formula is C20H31BN2O4Si. The highest BCUT2D eigenvalue weighted by atomic mass is 28.3. The zero-order valence-electron chi connectivity index (χ0n) is 18.0. The smallest absolute Gasteiger partial charge is 0.399 e. The molecule has 0 aliphatic carbocycles. The molecule has 0 N–H and O–H groups in total. The first-order chi connectivity index (χ1) is 12.9. The molecule has 0 radical (unpaired) electrons. The summed E-state index contributed by atoms with van der Waals surface area (Å²) in [5.41, 5.74) is 1.24. The van der Waals surface area contributed by atoms with E-state index in [9.17, 15) is 4.79 Å². The molecule has 152 valence electrons. The topological polar surface area (TPSA) is 62.6 Å². The van der Waals surface area contributed by atoms with Crippen LogP contribution in [0.2, 0.25) is 25.7 Å². The van der Waals surface area contributed by atoms with Crippen LogP contribution in [0.25, 0.3) is 10.9 Å². The van der Waals surface area contributed by atoms with Crippen LogP contribution in [0, 0.1) is 0 Å². The largest absolute Gasteiger partial charge is 0.495 e. The lowest BCUT2D eigenvalue weighted by Gasteiger charge is -2.32. The summed E-state index contributed by atoms with van der Waals surface area (Å²) in [7, 11) is -1.70. The van der Waals surface area contributed by atoms with E-state index in [1.54, 1.807) is 10.9 Å². The quantitative estimate of drug-likeness (QED) is 0.403. The van der Waals surface area contributed by atoms with Crippen molar-refractivity contribution in [3.05, 3.63) is 23.9 Å². The summed E-state index contributed by atoms with van der Waals surface area (Å²) in [6.45, 7) is 16.1. The van der Waals surface area contributed by atoms with E-state index in [1.165, 1.54) is 0 Å². The van der Waals surface area contributed by atoms with E-state index in [-0.39, 0.29) is 0 Å². The predicted octanol–water partition coefficient (Wildman–Crippen LogP) is 3.46. The number of carbonyl (C=O) groups is 1. The minimum atomic E-state index is -1.12. The maximum absolute atomic E-state index is 11.8. The fourth-order valence-electron chi connectivity index (χ4n) is 3.07. The molecule has 1 aromatic heterocycles. The fraction of sp³-hybridized carbons (Fsp3) is 0.600. The van der Waals surface area contributed by atoms with Crippen molar-refractivity contribution in [1.82, 2.24) is 9.78 Å². The standard InChI is InChI=1S/C20H31BN2O4Si/c1-19(2)20(3,4)27-21(26-19)17-10-15-12-22-23(18(15)11-16(17)13-24)14-25-8-9-28(5,6)7/h10-13H,8-9,14H2,1-7H3. The Hall–Kier alpha value is -1.48. The van der Waals surface area contributed by atoms with E-state index in [2.05, 4.69) is 24.7 Å². The molecule has 3 rings (SSSR count). The number of nitrogens with zero attached hydrogens (tertiary/aromatic N) is 2. The third-order valence-corrected chi connectivity index (χ3v) is 7.39. The van der Waals surface area contributed by atoms with E-state index in [1.807, 2.05) is 39.8 Å². The minimum absolute atomic E-state index is 0.377. The lowest BCUT2D eigenvalue weighted by Crippen LogP contribution is -2.41. The minimum Gasteiger partial charge on any atom is -0.399 e. The van der Waals surface area contributed by atoms with Crippen molar-refractivity contribution in [1.29, 1.82) is 0 Å². The molecule has 1 saturated heterocycles. The van der Waals surface area contributed by atoms with Crippen LogP contribution in [0.3, 0.4) is 0 Å². The molecule has 0 saturated carbocycles.